The average Bonchev–Trinajstić information content (AvgIpc) is 2.94. The topological polar surface area (TPSA) is 59.2 Å². The van der Waals surface area contributed by atoms with E-state index in [0.717, 1.165) is 6.07 Å². The van der Waals surface area contributed by atoms with Crippen LogP contribution in [0.1, 0.15) is 26.6 Å². The Morgan fingerprint density at radius 3 is 2.64 bits per heavy atom. The number of halogens is 3. The van der Waals surface area contributed by atoms with Gasteiger partial charge >= 0.3 is 6.18 Å². The molecule has 8 heteroatoms. The van der Waals surface area contributed by atoms with Crippen molar-refractivity contribution >= 4 is 17.2 Å². The molecule has 1 aromatic carbocycles. The SMILES string of the molecule is CN(Cc1ccccc1C(F)(F)F)C(=O)c1csc(CN)n1. The molecule has 0 saturated carbocycles. The van der Waals surface area contributed by atoms with Crippen LogP contribution in [0.5, 0.6) is 0 Å². The number of nitrogens with zero attached hydrogens (tertiary/aromatic N) is 2. The molecule has 0 saturated heterocycles. The first kappa shape index (κ1) is 16.4. The average molecular weight is 329 g/mol. The highest BCUT2D eigenvalue weighted by molar-refractivity contribution is 7.09. The number of rotatable bonds is 4. The highest BCUT2D eigenvalue weighted by atomic mass is 32.1. The first-order chi connectivity index (χ1) is 10.3. The van der Waals surface area contributed by atoms with Crippen molar-refractivity contribution in [2.24, 2.45) is 5.73 Å². The van der Waals surface area contributed by atoms with Crippen molar-refractivity contribution in [2.75, 3.05) is 7.05 Å². The first-order valence-electron chi connectivity index (χ1n) is 6.38. The standard InChI is InChI=1S/C14H14F3N3OS/c1-20(13(21)11-8-22-12(6-18)19-11)7-9-4-2-3-5-10(9)14(15,16)17/h2-5,8H,6-7,18H2,1H3. The summed E-state index contributed by atoms with van der Waals surface area (Å²) in [6.07, 6.45) is -4.45. The summed E-state index contributed by atoms with van der Waals surface area (Å²) in [4.78, 5) is 17.4. The lowest BCUT2D eigenvalue weighted by atomic mass is 10.1. The second-order valence-electron chi connectivity index (χ2n) is 4.65. The molecule has 2 N–H and O–H groups in total. The van der Waals surface area contributed by atoms with Crippen LogP contribution in [0.25, 0.3) is 0 Å². The Balaban J connectivity index is 2.18. The minimum atomic E-state index is -4.45. The van der Waals surface area contributed by atoms with Crippen LogP contribution >= 0.6 is 11.3 Å². The quantitative estimate of drug-likeness (QED) is 0.938. The highest BCUT2D eigenvalue weighted by Crippen LogP contribution is 2.32. The number of aromatic nitrogens is 1. The third kappa shape index (κ3) is 3.63. The lowest BCUT2D eigenvalue weighted by Crippen LogP contribution is -2.27. The van der Waals surface area contributed by atoms with Gasteiger partial charge in [0.1, 0.15) is 10.7 Å². The smallest absolute Gasteiger partial charge is 0.336 e. The van der Waals surface area contributed by atoms with Gasteiger partial charge in [-0.25, -0.2) is 4.98 Å². The van der Waals surface area contributed by atoms with Gasteiger partial charge in [0.2, 0.25) is 0 Å². The van der Waals surface area contributed by atoms with E-state index in [0.29, 0.717) is 5.01 Å². The van der Waals surface area contributed by atoms with Crippen LogP contribution in [0.2, 0.25) is 0 Å². The van der Waals surface area contributed by atoms with E-state index in [2.05, 4.69) is 4.98 Å². The van der Waals surface area contributed by atoms with Crippen molar-refractivity contribution in [1.82, 2.24) is 9.88 Å². The maximum atomic E-state index is 12.9. The predicted octanol–water partition coefficient (Wildman–Crippen LogP) is 2.89. The first-order valence-corrected chi connectivity index (χ1v) is 7.26. The molecule has 1 aromatic heterocycles. The van der Waals surface area contributed by atoms with Crippen molar-refractivity contribution in [1.29, 1.82) is 0 Å². The molecule has 4 nitrogen and oxygen atoms in total. The molecular formula is C14H14F3N3OS. The molecule has 0 aliphatic rings. The van der Waals surface area contributed by atoms with Crippen LogP contribution in [0.3, 0.4) is 0 Å². The summed E-state index contributed by atoms with van der Waals surface area (Å²) < 4.78 is 38.8. The number of carbonyl (C=O) groups excluding carboxylic acids is 1. The van der Waals surface area contributed by atoms with Gasteiger partial charge in [0, 0.05) is 25.5 Å². The van der Waals surface area contributed by atoms with Crippen LogP contribution in [-0.2, 0) is 19.3 Å². The van der Waals surface area contributed by atoms with Crippen LogP contribution in [0.15, 0.2) is 29.6 Å². The summed E-state index contributed by atoms with van der Waals surface area (Å²) in [6, 6.07) is 5.20. The molecule has 0 radical (unpaired) electrons. The summed E-state index contributed by atoms with van der Waals surface area (Å²) in [6.45, 7) is 0.0720. The highest BCUT2D eigenvalue weighted by Gasteiger charge is 2.33. The fourth-order valence-corrected chi connectivity index (χ4v) is 2.61. The van der Waals surface area contributed by atoms with E-state index in [1.807, 2.05) is 0 Å². The molecule has 0 bridgehead atoms. The van der Waals surface area contributed by atoms with Crippen molar-refractivity contribution in [3.63, 3.8) is 0 Å². The van der Waals surface area contributed by atoms with Crippen molar-refractivity contribution in [2.45, 2.75) is 19.3 Å². The van der Waals surface area contributed by atoms with Crippen LogP contribution in [0.4, 0.5) is 13.2 Å². The summed E-state index contributed by atoms with van der Waals surface area (Å²) in [7, 11) is 1.44. The Bertz CT molecular complexity index is 669. The normalized spacial score (nSPS) is 11.5. The van der Waals surface area contributed by atoms with E-state index in [1.165, 1.54) is 41.5 Å². The van der Waals surface area contributed by atoms with Crippen molar-refractivity contribution in [3.05, 3.63) is 51.5 Å². The van der Waals surface area contributed by atoms with Gasteiger partial charge in [-0.15, -0.1) is 11.3 Å². The zero-order valence-electron chi connectivity index (χ0n) is 11.7. The summed E-state index contributed by atoms with van der Waals surface area (Å²) in [5, 5.41) is 2.16. The van der Waals surface area contributed by atoms with E-state index >= 15 is 0 Å². The molecule has 0 atom stereocenters. The van der Waals surface area contributed by atoms with Gasteiger partial charge in [-0.05, 0) is 11.6 Å². The van der Waals surface area contributed by atoms with Gasteiger partial charge in [0.15, 0.2) is 0 Å². The number of hydrogen-bond acceptors (Lipinski definition) is 4. The van der Waals surface area contributed by atoms with E-state index in [-0.39, 0.29) is 24.3 Å². The van der Waals surface area contributed by atoms with Gasteiger partial charge in [0.25, 0.3) is 5.91 Å². The Morgan fingerprint density at radius 2 is 2.05 bits per heavy atom. The molecule has 0 fully saturated rings. The van der Waals surface area contributed by atoms with Crippen molar-refractivity contribution < 1.29 is 18.0 Å². The van der Waals surface area contributed by atoms with E-state index < -0.39 is 17.6 Å². The Morgan fingerprint density at radius 1 is 1.36 bits per heavy atom. The molecule has 22 heavy (non-hydrogen) atoms. The maximum Gasteiger partial charge on any atom is 0.416 e. The number of benzene rings is 1. The zero-order chi connectivity index (χ0) is 16.3. The van der Waals surface area contributed by atoms with Crippen LogP contribution < -0.4 is 5.73 Å². The molecule has 118 valence electrons. The second kappa shape index (κ2) is 6.45. The van der Waals surface area contributed by atoms with Crippen LogP contribution in [0, 0.1) is 0 Å². The largest absolute Gasteiger partial charge is 0.416 e. The van der Waals surface area contributed by atoms with Gasteiger partial charge in [-0.3, -0.25) is 4.79 Å². The zero-order valence-corrected chi connectivity index (χ0v) is 12.5. The van der Waals surface area contributed by atoms with E-state index in [1.54, 1.807) is 5.38 Å². The lowest BCUT2D eigenvalue weighted by Gasteiger charge is -2.19. The molecule has 1 amide bonds. The molecular weight excluding hydrogens is 315 g/mol. The summed E-state index contributed by atoms with van der Waals surface area (Å²) >= 11 is 1.25. The van der Waals surface area contributed by atoms with Gasteiger partial charge in [0.05, 0.1) is 5.56 Å². The number of hydrogen-bond donors (Lipinski definition) is 1. The fraction of sp³-hybridized carbons (Fsp3) is 0.286. The Hall–Kier alpha value is -1.93. The van der Waals surface area contributed by atoms with Gasteiger partial charge < -0.3 is 10.6 Å². The maximum absolute atomic E-state index is 12.9. The molecule has 1 heterocycles. The Kier molecular flexibility index (Phi) is 4.82. The van der Waals surface area contributed by atoms with Crippen molar-refractivity contribution in [3.8, 4) is 0 Å². The molecule has 0 spiro atoms. The number of thiazole rings is 1. The third-order valence-electron chi connectivity index (χ3n) is 3.02. The number of alkyl halides is 3. The van der Waals surface area contributed by atoms with E-state index in [4.69, 9.17) is 5.73 Å². The summed E-state index contributed by atoms with van der Waals surface area (Å²) in [5.74, 6) is -0.437. The fourth-order valence-electron chi connectivity index (χ4n) is 1.96. The minimum absolute atomic E-state index is 0.0418. The molecule has 0 aliphatic heterocycles. The monoisotopic (exact) mass is 329 g/mol. The minimum Gasteiger partial charge on any atom is -0.336 e. The van der Waals surface area contributed by atoms with Crippen LogP contribution in [-0.4, -0.2) is 22.8 Å². The lowest BCUT2D eigenvalue weighted by molar-refractivity contribution is -0.138. The molecule has 2 aromatic rings. The van der Waals surface area contributed by atoms with Gasteiger partial charge in [-0.1, -0.05) is 18.2 Å². The predicted molar refractivity (Wildman–Crippen MR) is 77.2 cm³/mol. The number of nitrogens with two attached hydrogens (primary N) is 1. The number of carbonyl (C=O) groups is 1. The third-order valence-corrected chi connectivity index (χ3v) is 3.89. The number of amides is 1. The Labute approximate surface area is 129 Å². The molecule has 0 unspecified atom stereocenters. The summed E-state index contributed by atoms with van der Waals surface area (Å²) in [5.41, 5.74) is 4.92. The molecule has 2 rings (SSSR count). The second-order valence-corrected chi connectivity index (χ2v) is 5.59. The van der Waals surface area contributed by atoms with E-state index in [9.17, 15) is 18.0 Å². The molecule has 0 aliphatic carbocycles. The van der Waals surface area contributed by atoms with Gasteiger partial charge in [-0.2, -0.15) is 13.2 Å².